The number of piperidine rings is 1. The fraction of sp³-hybridized carbons (Fsp3) is 0.350. The molecule has 0 spiro atoms. The van der Waals surface area contributed by atoms with E-state index in [1.54, 1.807) is 6.07 Å². The van der Waals surface area contributed by atoms with Crippen LogP contribution in [0.25, 0.3) is 11.1 Å². The van der Waals surface area contributed by atoms with Gasteiger partial charge in [-0.3, -0.25) is 4.90 Å². The van der Waals surface area contributed by atoms with E-state index in [4.69, 9.17) is 22.6 Å². The number of hydrogen-bond donors (Lipinski definition) is 1. The van der Waals surface area contributed by atoms with Gasteiger partial charge in [-0.05, 0) is 49.6 Å². The number of likely N-dealkylation sites (tertiary alicyclic amines) is 1. The number of nitriles is 1. The SMILES string of the molecule is CC1(N)CCCN(Cc2cccc(-c3ccc(C#N)c(F)c3)c2Cl)C1. The first-order valence-electron chi connectivity index (χ1n) is 8.38. The van der Waals surface area contributed by atoms with Crippen LogP contribution in [0.2, 0.25) is 5.02 Å². The van der Waals surface area contributed by atoms with Crippen molar-refractivity contribution in [3.8, 4) is 17.2 Å². The molecule has 1 fully saturated rings. The zero-order valence-electron chi connectivity index (χ0n) is 14.2. The number of nitrogens with zero attached hydrogens (tertiary/aromatic N) is 2. The molecular formula is C20H21ClFN3. The molecule has 2 aromatic carbocycles. The molecule has 0 amide bonds. The maximum atomic E-state index is 13.9. The smallest absolute Gasteiger partial charge is 0.141 e. The number of benzene rings is 2. The van der Waals surface area contributed by atoms with Gasteiger partial charge in [0.2, 0.25) is 0 Å². The Balaban J connectivity index is 1.88. The zero-order chi connectivity index (χ0) is 18.0. The van der Waals surface area contributed by atoms with Gasteiger partial charge < -0.3 is 5.73 Å². The number of hydrogen-bond acceptors (Lipinski definition) is 3. The molecule has 1 aliphatic rings. The summed E-state index contributed by atoms with van der Waals surface area (Å²) >= 11 is 6.61. The normalized spacial score (nSPS) is 21.1. The minimum Gasteiger partial charge on any atom is -0.324 e. The first-order valence-corrected chi connectivity index (χ1v) is 8.76. The minimum absolute atomic E-state index is 0.0339. The van der Waals surface area contributed by atoms with Gasteiger partial charge in [-0.1, -0.05) is 35.9 Å². The summed E-state index contributed by atoms with van der Waals surface area (Å²) < 4.78 is 13.9. The predicted molar refractivity (Wildman–Crippen MR) is 98.7 cm³/mol. The first kappa shape index (κ1) is 17.9. The third-order valence-electron chi connectivity index (χ3n) is 4.68. The molecule has 3 nitrogen and oxygen atoms in total. The van der Waals surface area contributed by atoms with Gasteiger partial charge in [0.15, 0.2) is 0 Å². The van der Waals surface area contributed by atoms with Crippen LogP contribution >= 0.6 is 11.6 Å². The molecule has 2 aromatic rings. The monoisotopic (exact) mass is 357 g/mol. The Labute approximate surface area is 152 Å². The number of halogens is 2. The highest BCUT2D eigenvalue weighted by molar-refractivity contribution is 6.34. The van der Waals surface area contributed by atoms with E-state index in [2.05, 4.69) is 11.8 Å². The largest absolute Gasteiger partial charge is 0.324 e. The van der Waals surface area contributed by atoms with E-state index >= 15 is 0 Å². The second-order valence-corrected chi connectivity index (χ2v) is 7.43. The Hall–Kier alpha value is -1.93. The van der Waals surface area contributed by atoms with Crippen LogP contribution in [0.4, 0.5) is 4.39 Å². The molecule has 1 aliphatic heterocycles. The Bertz CT molecular complexity index is 826. The van der Waals surface area contributed by atoms with Crippen molar-refractivity contribution in [1.82, 2.24) is 4.90 Å². The quantitative estimate of drug-likeness (QED) is 0.889. The third kappa shape index (κ3) is 4.01. The lowest BCUT2D eigenvalue weighted by Crippen LogP contribution is -2.51. The second kappa shape index (κ2) is 7.13. The van der Waals surface area contributed by atoms with Gasteiger partial charge in [0, 0.05) is 24.2 Å². The summed E-state index contributed by atoms with van der Waals surface area (Å²) in [5, 5.41) is 9.49. The van der Waals surface area contributed by atoms with Crippen LogP contribution in [0.15, 0.2) is 36.4 Å². The minimum atomic E-state index is -0.531. The summed E-state index contributed by atoms with van der Waals surface area (Å²) in [6.45, 7) is 4.63. The molecular weight excluding hydrogens is 337 g/mol. The molecule has 25 heavy (non-hydrogen) atoms. The van der Waals surface area contributed by atoms with E-state index in [0.29, 0.717) is 10.6 Å². The summed E-state index contributed by atoms with van der Waals surface area (Å²) in [5.74, 6) is -0.531. The van der Waals surface area contributed by atoms with Crippen LogP contribution in [0.3, 0.4) is 0 Å². The average Bonchev–Trinajstić information content (AvgIpc) is 2.56. The highest BCUT2D eigenvalue weighted by atomic mass is 35.5. The van der Waals surface area contributed by atoms with Gasteiger partial charge in [0.1, 0.15) is 11.9 Å². The molecule has 1 atom stereocenters. The lowest BCUT2D eigenvalue weighted by molar-refractivity contribution is 0.153. The predicted octanol–water partition coefficient (Wildman–Crippen LogP) is 4.33. The van der Waals surface area contributed by atoms with E-state index < -0.39 is 5.82 Å². The summed E-state index contributed by atoms with van der Waals surface area (Å²) in [7, 11) is 0. The van der Waals surface area contributed by atoms with Crippen molar-refractivity contribution in [1.29, 1.82) is 5.26 Å². The van der Waals surface area contributed by atoms with E-state index in [-0.39, 0.29) is 11.1 Å². The fourth-order valence-electron chi connectivity index (χ4n) is 3.45. The summed E-state index contributed by atoms with van der Waals surface area (Å²) in [5.41, 5.74) is 8.59. The molecule has 0 bridgehead atoms. The van der Waals surface area contributed by atoms with Crippen LogP contribution in [-0.2, 0) is 6.54 Å². The molecule has 130 valence electrons. The van der Waals surface area contributed by atoms with Crippen LogP contribution in [0.5, 0.6) is 0 Å². The highest BCUT2D eigenvalue weighted by Crippen LogP contribution is 2.33. The molecule has 0 saturated carbocycles. The van der Waals surface area contributed by atoms with E-state index in [9.17, 15) is 4.39 Å². The van der Waals surface area contributed by atoms with Crippen LogP contribution < -0.4 is 5.73 Å². The maximum absolute atomic E-state index is 13.9. The molecule has 0 aromatic heterocycles. The number of nitrogens with two attached hydrogens (primary N) is 1. The van der Waals surface area contributed by atoms with Crippen molar-refractivity contribution in [3.05, 3.63) is 58.4 Å². The topological polar surface area (TPSA) is 53.0 Å². The third-order valence-corrected chi connectivity index (χ3v) is 5.13. The van der Waals surface area contributed by atoms with Crippen molar-refractivity contribution in [2.75, 3.05) is 13.1 Å². The average molecular weight is 358 g/mol. The summed E-state index contributed by atoms with van der Waals surface area (Å²) in [6, 6.07) is 12.2. The molecule has 0 radical (unpaired) electrons. The molecule has 0 aliphatic carbocycles. The van der Waals surface area contributed by atoms with Crippen molar-refractivity contribution in [3.63, 3.8) is 0 Å². The molecule has 1 heterocycles. The second-order valence-electron chi connectivity index (χ2n) is 7.05. The Morgan fingerprint density at radius 1 is 1.36 bits per heavy atom. The van der Waals surface area contributed by atoms with Crippen LogP contribution in [0.1, 0.15) is 30.9 Å². The first-order chi connectivity index (χ1) is 11.9. The number of rotatable bonds is 3. The Kier molecular flexibility index (Phi) is 5.10. The van der Waals surface area contributed by atoms with Crippen molar-refractivity contribution < 1.29 is 4.39 Å². The van der Waals surface area contributed by atoms with Gasteiger partial charge in [-0.25, -0.2) is 4.39 Å². The lowest BCUT2D eigenvalue weighted by Gasteiger charge is -2.38. The van der Waals surface area contributed by atoms with Gasteiger partial charge >= 0.3 is 0 Å². The van der Waals surface area contributed by atoms with E-state index in [1.807, 2.05) is 24.3 Å². The van der Waals surface area contributed by atoms with E-state index in [0.717, 1.165) is 43.6 Å². The van der Waals surface area contributed by atoms with Gasteiger partial charge in [0.05, 0.1) is 10.6 Å². The highest BCUT2D eigenvalue weighted by Gasteiger charge is 2.27. The van der Waals surface area contributed by atoms with Crippen molar-refractivity contribution in [2.24, 2.45) is 5.73 Å². The fourth-order valence-corrected chi connectivity index (χ4v) is 3.74. The van der Waals surface area contributed by atoms with Gasteiger partial charge in [-0.15, -0.1) is 0 Å². The Morgan fingerprint density at radius 3 is 2.84 bits per heavy atom. The molecule has 3 rings (SSSR count). The Morgan fingerprint density at radius 2 is 2.16 bits per heavy atom. The summed E-state index contributed by atoms with van der Waals surface area (Å²) in [4.78, 5) is 2.31. The molecule has 5 heteroatoms. The summed E-state index contributed by atoms with van der Waals surface area (Å²) in [6.07, 6.45) is 2.10. The van der Waals surface area contributed by atoms with Crippen molar-refractivity contribution in [2.45, 2.75) is 31.8 Å². The van der Waals surface area contributed by atoms with Gasteiger partial charge in [-0.2, -0.15) is 5.26 Å². The van der Waals surface area contributed by atoms with Crippen molar-refractivity contribution >= 4 is 11.6 Å². The maximum Gasteiger partial charge on any atom is 0.141 e. The molecule has 1 unspecified atom stereocenters. The van der Waals surface area contributed by atoms with Crippen LogP contribution in [-0.4, -0.2) is 23.5 Å². The van der Waals surface area contributed by atoms with Gasteiger partial charge in [0.25, 0.3) is 0 Å². The van der Waals surface area contributed by atoms with E-state index in [1.165, 1.54) is 12.1 Å². The molecule has 1 saturated heterocycles. The standard InChI is InChI=1S/C20H21ClFN3/c1-20(24)8-3-9-25(13-20)12-16-4-2-5-17(19(16)21)14-6-7-15(11-23)18(22)10-14/h2,4-7,10H,3,8-9,12-13,24H2,1H3. The lowest BCUT2D eigenvalue weighted by atomic mass is 9.92. The molecule has 2 N–H and O–H groups in total. The zero-order valence-corrected chi connectivity index (χ0v) is 15.0. The van der Waals surface area contributed by atoms with Crippen LogP contribution in [0, 0.1) is 17.1 Å².